The van der Waals surface area contributed by atoms with Gasteiger partial charge in [-0.05, 0) is 20.8 Å². The van der Waals surface area contributed by atoms with Crippen molar-refractivity contribution in [2.24, 2.45) is 0 Å². The largest absolute Gasteiger partial charge is 0.387 e. The Morgan fingerprint density at radius 1 is 1.36 bits per heavy atom. The van der Waals surface area contributed by atoms with Crippen LogP contribution >= 0.6 is 23.2 Å². The maximum Gasteiger partial charge on any atom is 0.279 e. The molecule has 138 valence electrons. The molecule has 0 radical (unpaired) electrons. The van der Waals surface area contributed by atoms with Gasteiger partial charge in [0.1, 0.15) is 17.4 Å². The van der Waals surface area contributed by atoms with Crippen molar-refractivity contribution in [2.45, 2.75) is 51.0 Å². The first-order valence-electron chi connectivity index (χ1n) is 7.66. The van der Waals surface area contributed by atoms with Gasteiger partial charge in [-0.25, -0.2) is 9.37 Å². The van der Waals surface area contributed by atoms with Gasteiger partial charge in [0.15, 0.2) is 6.10 Å². The lowest BCUT2D eigenvalue weighted by molar-refractivity contribution is -0.205. The Bertz CT molecular complexity index is 831. The number of nitrogens with zero attached hydrogens (tertiary/aromatic N) is 2. The molecule has 1 fully saturated rings. The summed E-state index contributed by atoms with van der Waals surface area (Å²) in [4.78, 5) is 4.26. The minimum atomic E-state index is -2.26. The van der Waals surface area contributed by atoms with Crippen LogP contribution in [0.3, 0.4) is 0 Å². The molecular formula is C15H18Cl2FN3O4. The average molecular weight is 394 g/mol. The van der Waals surface area contributed by atoms with Crippen molar-refractivity contribution in [1.82, 2.24) is 9.55 Å². The molecule has 1 aliphatic rings. The number of imidazole rings is 1. The molecule has 1 aromatic carbocycles. The number of hydrogen-bond acceptors (Lipinski definition) is 6. The number of aromatic nitrogens is 2. The molecule has 7 nitrogen and oxygen atoms in total. The Morgan fingerprint density at radius 2 is 2.00 bits per heavy atom. The van der Waals surface area contributed by atoms with Crippen LogP contribution in [-0.2, 0) is 4.74 Å². The Hall–Kier alpha value is -1.16. The molecule has 10 heteroatoms. The Balaban J connectivity index is 2.14. The van der Waals surface area contributed by atoms with E-state index >= 15 is 0 Å². The zero-order valence-electron chi connectivity index (χ0n) is 13.7. The van der Waals surface area contributed by atoms with E-state index in [1.807, 2.05) is 13.8 Å². The second-order valence-corrected chi connectivity index (χ2v) is 7.09. The van der Waals surface area contributed by atoms with Crippen molar-refractivity contribution in [1.29, 1.82) is 0 Å². The Labute approximate surface area is 152 Å². The molecule has 4 atom stereocenters. The van der Waals surface area contributed by atoms with E-state index in [-0.39, 0.29) is 27.6 Å². The van der Waals surface area contributed by atoms with Gasteiger partial charge >= 0.3 is 0 Å². The molecule has 0 spiro atoms. The van der Waals surface area contributed by atoms with Gasteiger partial charge in [0.25, 0.3) is 5.91 Å². The molecular weight excluding hydrogens is 376 g/mol. The number of fused-ring (bicyclic) bond motifs is 1. The van der Waals surface area contributed by atoms with Gasteiger partial charge in [-0.15, -0.1) is 0 Å². The number of anilines is 1. The van der Waals surface area contributed by atoms with E-state index in [1.54, 1.807) is 4.57 Å². The van der Waals surface area contributed by atoms with E-state index in [1.165, 1.54) is 13.0 Å². The maximum absolute atomic E-state index is 14.0. The molecule has 0 bridgehead atoms. The van der Waals surface area contributed by atoms with Gasteiger partial charge < -0.3 is 29.9 Å². The van der Waals surface area contributed by atoms with E-state index < -0.39 is 30.0 Å². The molecule has 3 rings (SSSR count). The third-order valence-electron chi connectivity index (χ3n) is 4.20. The van der Waals surface area contributed by atoms with Crippen molar-refractivity contribution in [3.8, 4) is 0 Å². The second-order valence-electron chi connectivity index (χ2n) is 6.33. The summed E-state index contributed by atoms with van der Waals surface area (Å²) in [5, 5.41) is 32.7. The van der Waals surface area contributed by atoms with Crippen LogP contribution in [0.15, 0.2) is 6.07 Å². The Morgan fingerprint density at radius 3 is 2.52 bits per heavy atom. The third-order valence-corrected chi connectivity index (χ3v) is 5.03. The van der Waals surface area contributed by atoms with E-state index in [0.29, 0.717) is 5.52 Å². The van der Waals surface area contributed by atoms with Gasteiger partial charge in [-0.3, -0.25) is 0 Å². The molecule has 1 aliphatic heterocycles. The van der Waals surface area contributed by atoms with Crippen molar-refractivity contribution in [2.75, 3.05) is 5.32 Å². The summed E-state index contributed by atoms with van der Waals surface area (Å²) in [7, 11) is 0. The second kappa shape index (κ2) is 6.22. The Kier molecular flexibility index (Phi) is 4.64. The zero-order valence-corrected chi connectivity index (χ0v) is 15.2. The fraction of sp³-hybridized carbons (Fsp3) is 0.533. The number of aliphatic hydroxyl groups excluding tert-OH is 2. The molecule has 0 saturated carbocycles. The number of aliphatic hydroxyl groups is 3. The molecule has 1 saturated heterocycles. The van der Waals surface area contributed by atoms with Gasteiger partial charge in [0.05, 0.1) is 21.7 Å². The minimum Gasteiger partial charge on any atom is -0.387 e. The van der Waals surface area contributed by atoms with Gasteiger partial charge in [0, 0.05) is 12.1 Å². The number of nitrogens with one attached hydrogen (secondary N) is 1. The van der Waals surface area contributed by atoms with E-state index in [0.717, 1.165) is 0 Å². The van der Waals surface area contributed by atoms with Crippen molar-refractivity contribution >= 4 is 40.2 Å². The predicted octanol–water partition coefficient (Wildman–Crippen LogP) is 2.26. The van der Waals surface area contributed by atoms with Crippen LogP contribution in [-0.4, -0.2) is 49.1 Å². The summed E-state index contributed by atoms with van der Waals surface area (Å²) in [6.45, 7) is 5.14. The van der Waals surface area contributed by atoms with Crippen LogP contribution in [0.25, 0.3) is 11.0 Å². The van der Waals surface area contributed by atoms with Crippen LogP contribution in [0.5, 0.6) is 0 Å². The maximum atomic E-state index is 14.0. The van der Waals surface area contributed by atoms with Crippen LogP contribution < -0.4 is 5.32 Å². The molecule has 2 heterocycles. The first-order valence-corrected chi connectivity index (χ1v) is 8.42. The summed E-state index contributed by atoms with van der Waals surface area (Å²) in [5.74, 6) is -2.88. The predicted molar refractivity (Wildman–Crippen MR) is 91.2 cm³/mol. The summed E-state index contributed by atoms with van der Waals surface area (Å²) >= 11 is 11.9. The monoisotopic (exact) mass is 393 g/mol. The topological polar surface area (TPSA) is 99.8 Å². The smallest absolute Gasteiger partial charge is 0.279 e. The fourth-order valence-corrected chi connectivity index (χ4v) is 3.30. The van der Waals surface area contributed by atoms with Crippen molar-refractivity contribution in [3.63, 3.8) is 0 Å². The lowest BCUT2D eigenvalue weighted by atomic mass is 10.1. The van der Waals surface area contributed by atoms with Crippen molar-refractivity contribution < 1.29 is 24.4 Å². The third kappa shape index (κ3) is 2.87. The average Bonchev–Trinajstić information content (AvgIpc) is 2.96. The fourth-order valence-electron chi connectivity index (χ4n) is 2.92. The molecule has 0 unspecified atom stereocenters. The summed E-state index contributed by atoms with van der Waals surface area (Å²) in [6, 6.07) is 0.989. The lowest BCUT2D eigenvalue weighted by Gasteiger charge is -2.28. The van der Waals surface area contributed by atoms with E-state index in [2.05, 4.69) is 10.3 Å². The highest BCUT2D eigenvalue weighted by molar-refractivity contribution is 6.45. The van der Waals surface area contributed by atoms with Crippen molar-refractivity contribution in [3.05, 3.63) is 21.9 Å². The molecule has 4 N–H and O–H groups in total. The van der Waals surface area contributed by atoms with Crippen LogP contribution in [0.2, 0.25) is 10.0 Å². The molecule has 25 heavy (non-hydrogen) atoms. The highest BCUT2D eigenvalue weighted by Crippen LogP contribution is 2.37. The number of rotatable bonds is 3. The van der Waals surface area contributed by atoms with Gasteiger partial charge in [0.2, 0.25) is 5.95 Å². The van der Waals surface area contributed by atoms with Gasteiger partial charge in [-0.1, -0.05) is 23.2 Å². The standard InChI is InChI=1S/C15H18Cl2FN3O4/c1-5(2)21-8-4-7(18)9(16)10(17)11(8)19-14(21)20-15(24)13(23)12(22)6(3)25-15/h4-6,12-13,22-24H,1-3H3,(H,19,20)/t6-,12-,13-,15-/m1/s1. The highest BCUT2D eigenvalue weighted by Gasteiger charge is 2.53. The lowest BCUT2D eigenvalue weighted by Crippen LogP contribution is -2.50. The van der Waals surface area contributed by atoms with E-state index in [9.17, 15) is 19.7 Å². The normalized spacial score (nSPS) is 29.8. The molecule has 2 aromatic rings. The zero-order chi connectivity index (χ0) is 18.7. The first-order chi connectivity index (χ1) is 11.6. The molecule has 0 amide bonds. The van der Waals surface area contributed by atoms with Crippen LogP contribution in [0, 0.1) is 5.82 Å². The van der Waals surface area contributed by atoms with E-state index in [4.69, 9.17) is 27.9 Å². The first kappa shape index (κ1) is 18.6. The number of ether oxygens (including phenoxy) is 1. The van der Waals surface area contributed by atoms with Crippen LogP contribution in [0.1, 0.15) is 26.8 Å². The van der Waals surface area contributed by atoms with Crippen LogP contribution in [0.4, 0.5) is 10.3 Å². The molecule has 0 aliphatic carbocycles. The SMILES string of the molecule is CC(C)n1c(N[C@]2(O)O[C@H](C)[C@@H](O)[C@H]2O)nc2c(Cl)c(Cl)c(F)cc21. The highest BCUT2D eigenvalue weighted by atomic mass is 35.5. The quantitative estimate of drug-likeness (QED) is 0.471. The summed E-state index contributed by atoms with van der Waals surface area (Å²) in [5.41, 5.74) is 0.586. The van der Waals surface area contributed by atoms with Gasteiger partial charge in [-0.2, -0.15) is 0 Å². The summed E-state index contributed by atoms with van der Waals surface area (Å²) in [6.07, 6.45) is -3.71. The number of hydrogen-bond donors (Lipinski definition) is 4. The molecule has 1 aromatic heterocycles. The number of benzene rings is 1. The minimum absolute atomic E-state index is 0.0626. The summed E-state index contributed by atoms with van der Waals surface area (Å²) < 4.78 is 20.8. The number of halogens is 3.